The van der Waals surface area contributed by atoms with Crippen molar-refractivity contribution in [1.82, 2.24) is 10.2 Å². The van der Waals surface area contributed by atoms with Crippen molar-refractivity contribution >= 4 is 0 Å². The molecule has 0 bridgehead atoms. The lowest BCUT2D eigenvalue weighted by atomic mass is 10.5. The lowest BCUT2D eigenvalue weighted by Gasteiger charge is -1.99. The molecule has 1 heterocycles. The summed E-state index contributed by atoms with van der Waals surface area (Å²) in [4.78, 5) is 0. The highest BCUT2D eigenvalue weighted by molar-refractivity contribution is 5.03. The largest absolute Gasteiger partial charge is 0.478 e. The number of aromatic nitrogens is 2. The zero-order chi connectivity index (χ0) is 7.23. The number of ether oxygens (including phenoxy) is 1. The van der Waals surface area contributed by atoms with E-state index < -0.39 is 0 Å². The molecule has 4 nitrogen and oxygen atoms in total. The molecule has 3 N–H and O–H groups in total. The second-order valence-corrected chi connectivity index (χ2v) is 1.91. The number of hydrogen-bond acceptors (Lipinski definition) is 3. The zero-order valence-electron chi connectivity index (χ0n) is 5.71. The fraction of sp³-hybridized carbons (Fsp3) is 0.500. The molecular weight excluding hydrogens is 130 g/mol. The van der Waals surface area contributed by atoms with Crippen molar-refractivity contribution in [3.05, 3.63) is 12.3 Å². The molecule has 0 amide bonds. The van der Waals surface area contributed by atoms with E-state index in [0.717, 1.165) is 6.42 Å². The summed E-state index contributed by atoms with van der Waals surface area (Å²) >= 11 is 0. The van der Waals surface area contributed by atoms with Crippen LogP contribution in [0.5, 0.6) is 5.88 Å². The molecule has 0 saturated heterocycles. The van der Waals surface area contributed by atoms with Gasteiger partial charge in [0.05, 0.1) is 12.8 Å². The van der Waals surface area contributed by atoms with Gasteiger partial charge in [-0.2, -0.15) is 5.10 Å². The number of nitrogens with one attached hydrogen (secondary N) is 1. The minimum absolute atomic E-state index is 0.651. The first-order valence-electron chi connectivity index (χ1n) is 3.25. The quantitative estimate of drug-likeness (QED) is 0.586. The molecule has 56 valence electrons. The van der Waals surface area contributed by atoms with Crippen LogP contribution in [-0.2, 0) is 0 Å². The molecular formula is C6H11N3O. The van der Waals surface area contributed by atoms with E-state index in [4.69, 9.17) is 10.5 Å². The van der Waals surface area contributed by atoms with Crippen molar-refractivity contribution in [2.75, 3.05) is 13.2 Å². The standard InChI is InChI=1S/C6H11N3O/c7-3-1-5-10-6-2-4-8-9-6/h2,4H,1,3,5,7H2,(H,8,9). The first kappa shape index (κ1) is 7.08. The Labute approximate surface area is 59.4 Å². The topological polar surface area (TPSA) is 63.9 Å². The van der Waals surface area contributed by atoms with Gasteiger partial charge in [0.15, 0.2) is 0 Å². The first-order valence-corrected chi connectivity index (χ1v) is 3.25. The van der Waals surface area contributed by atoms with Gasteiger partial charge in [-0.1, -0.05) is 0 Å². The molecule has 0 unspecified atom stereocenters. The number of rotatable bonds is 4. The van der Waals surface area contributed by atoms with Crippen LogP contribution in [0, 0.1) is 0 Å². The predicted octanol–water partition coefficient (Wildman–Crippen LogP) is 0.137. The van der Waals surface area contributed by atoms with E-state index in [1.165, 1.54) is 0 Å². The van der Waals surface area contributed by atoms with E-state index in [1.54, 1.807) is 12.3 Å². The van der Waals surface area contributed by atoms with Crippen LogP contribution in [-0.4, -0.2) is 23.3 Å². The maximum atomic E-state index is 5.26. The molecule has 0 aliphatic carbocycles. The Balaban J connectivity index is 2.15. The molecule has 1 aromatic heterocycles. The van der Waals surface area contributed by atoms with Gasteiger partial charge in [0.2, 0.25) is 5.88 Å². The molecule has 0 aliphatic rings. The van der Waals surface area contributed by atoms with Gasteiger partial charge in [0.25, 0.3) is 0 Å². The van der Waals surface area contributed by atoms with Crippen molar-refractivity contribution in [1.29, 1.82) is 0 Å². The van der Waals surface area contributed by atoms with Crippen LogP contribution < -0.4 is 10.5 Å². The summed E-state index contributed by atoms with van der Waals surface area (Å²) in [5.41, 5.74) is 5.26. The third-order valence-corrected chi connectivity index (χ3v) is 1.08. The molecule has 0 atom stereocenters. The third kappa shape index (κ3) is 2.06. The van der Waals surface area contributed by atoms with Gasteiger partial charge in [-0.3, -0.25) is 0 Å². The molecule has 0 aliphatic heterocycles. The van der Waals surface area contributed by atoms with Crippen LogP contribution in [0.25, 0.3) is 0 Å². The number of aromatic amines is 1. The summed E-state index contributed by atoms with van der Waals surface area (Å²) in [6.07, 6.45) is 2.52. The Bertz CT molecular complexity index is 162. The second kappa shape index (κ2) is 3.90. The molecule has 0 fully saturated rings. The summed E-state index contributed by atoms with van der Waals surface area (Å²) < 4.78 is 5.19. The minimum Gasteiger partial charge on any atom is -0.478 e. The highest BCUT2D eigenvalue weighted by Gasteiger charge is 1.90. The fourth-order valence-corrected chi connectivity index (χ4v) is 0.589. The Morgan fingerprint density at radius 2 is 2.60 bits per heavy atom. The minimum atomic E-state index is 0.651. The monoisotopic (exact) mass is 141 g/mol. The molecule has 0 saturated carbocycles. The van der Waals surface area contributed by atoms with Gasteiger partial charge in [-0.15, -0.1) is 0 Å². The highest BCUT2D eigenvalue weighted by Crippen LogP contribution is 2.01. The Kier molecular flexibility index (Phi) is 2.76. The van der Waals surface area contributed by atoms with Gasteiger partial charge in [0, 0.05) is 6.07 Å². The third-order valence-electron chi connectivity index (χ3n) is 1.08. The summed E-state index contributed by atoms with van der Waals surface area (Å²) in [5.74, 6) is 0.702. The lowest BCUT2D eigenvalue weighted by molar-refractivity contribution is 0.301. The normalized spacial score (nSPS) is 9.70. The number of nitrogens with zero attached hydrogens (tertiary/aromatic N) is 1. The molecule has 10 heavy (non-hydrogen) atoms. The maximum absolute atomic E-state index is 5.26. The van der Waals surface area contributed by atoms with Crippen molar-refractivity contribution < 1.29 is 4.74 Å². The van der Waals surface area contributed by atoms with Crippen LogP contribution in [0.1, 0.15) is 6.42 Å². The summed E-state index contributed by atoms with van der Waals surface area (Å²) in [7, 11) is 0. The van der Waals surface area contributed by atoms with Gasteiger partial charge in [-0.25, -0.2) is 5.10 Å². The van der Waals surface area contributed by atoms with Crippen LogP contribution in [0.15, 0.2) is 12.3 Å². The summed E-state index contributed by atoms with van der Waals surface area (Å²) in [5, 5.41) is 6.40. The van der Waals surface area contributed by atoms with Crippen molar-refractivity contribution in [3.8, 4) is 5.88 Å². The second-order valence-electron chi connectivity index (χ2n) is 1.91. The van der Waals surface area contributed by atoms with Crippen molar-refractivity contribution in [3.63, 3.8) is 0 Å². The first-order chi connectivity index (χ1) is 4.93. The van der Waals surface area contributed by atoms with Gasteiger partial charge < -0.3 is 10.5 Å². The molecule has 0 radical (unpaired) electrons. The SMILES string of the molecule is NCCCOc1ccn[nH]1. The van der Waals surface area contributed by atoms with Crippen molar-refractivity contribution in [2.24, 2.45) is 5.73 Å². The predicted molar refractivity (Wildman–Crippen MR) is 37.8 cm³/mol. The zero-order valence-corrected chi connectivity index (χ0v) is 5.71. The van der Waals surface area contributed by atoms with E-state index in [9.17, 15) is 0 Å². The maximum Gasteiger partial charge on any atom is 0.208 e. The van der Waals surface area contributed by atoms with Crippen LogP contribution in [0.2, 0.25) is 0 Å². The van der Waals surface area contributed by atoms with Crippen LogP contribution >= 0.6 is 0 Å². The number of hydrogen-bond donors (Lipinski definition) is 2. The average molecular weight is 141 g/mol. The molecule has 1 aromatic rings. The Hall–Kier alpha value is -1.03. The van der Waals surface area contributed by atoms with E-state index in [1.807, 2.05) is 0 Å². The van der Waals surface area contributed by atoms with Crippen molar-refractivity contribution in [2.45, 2.75) is 6.42 Å². The van der Waals surface area contributed by atoms with Crippen LogP contribution in [0.4, 0.5) is 0 Å². The van der Waals surface area contributed by atoms with E-state index in [2.05, 4.69) is 10.2 Å². The summed E-state index contributed by atoms with van der Waals surface area (Å²) in [6, 6.07) is 1.77. The van der Waals surface area contributed by atoms with Crippen LogP contribution in [0.3, 0.4) is 0 Å². The molecule has 0 spiro atoms. The fourth-order valence-electron chi connectivity index (χ4n) is 0.589. The highest BCUT2D eigenvalue weighted by atomic mass is 16.5. The smallest absolute Gasteiger partial charge is 0.208 e. The molecule has 4 heteroatoms. The lowest BCUT2D eigenvalue weighted by Crippen LogP contribution is -2.06. The molecule has 1 rings (SSSR count). The summed E-state index contributed by atoms with van der Waals surface area (Å²) in [6.45, 7) is 1.31. The van der Waals surface area contributed by atoms with Gasteiger partial charge in [0.1, 0.15) is 0 Å². The number of H-pyrrole nitrogens is 1. The average Bonchev–Trinajstić information content (AvgIpc) is 2.41. The van der Waals surface area contributed by atoms with Gasteiger partial charge >= 0.3 is 0 Å². The number of nitrogens with two attached hydrogens (primary N) is 1. The van der Waals surface area contributed by atoms with E-state index in [-0.39, 0.29) is 0 Å². The molecule has 0 aromatic carbocycles. The van der Waals surface area contributed by atoms with Gasteiger partial charge in [-0.05, 0) is 13.0 Å². The Morgan fingerprint density at radius 3 is 3.20 bits per heavy atom. The Morgan fingerprint density at radius 1 is 1.70 bits per heavy atom. The van der Waals surface area contributed by atoms with E-state index >= 15 is 0 Å². The van der Waals surface area contributed by atoms with E-state index in [0.29, 0.717) is 19.0 Å².